The maximum absolute atomic E-state index is 12.4. The topological polar surface area (TPSA) is 84.2 Å². The van der Waals surface area contributed by atoms with E-state index in [-0.39, 0.29) is 23.8 Å². The average Bonchev–Trinajstić information content (AvgIpc) is 3.30. The van der Waals surface area contributed by atoms with Crippen LogP contribution >= 0.6 is 11.6 Å². The smallest absolute Gasteiger partial charge is 0.253 e. The van der Waals surface area contributed by atoms with Crippen molar-refractivity contribution in [3.05, 3.63) is 28.8 Å². The molecule has 0 spiro atoms. The fraction of sp³-hybridized carbons (Fsp3) is 0.529. The zero-order valence-corrected chi connectivity index (χ0v) is 14.3. The van der Waals surface area contributed by atoms with E-state index in [1.807, 2.05) is 13.8 Å². The van der Waals surface area contributed by atoms with Crippen LogP contribution in [0.5, 0.6) is 0 Å². The molecule has 0 saturated heterocycles. The molecule has 2 amide bonds. The average molecular weight is 338 g/mol. The van der Waals surface area contributed by atoms with Crippen LogP contribution in [0.25, 0.3) is 0 Å². The van der Waals surface area contributed by atoms with E-state index in [2.05, 4.69) is 10.6 Å². The van der Waals surface area contributed by atoms with Crippen molar-refractivity contribution in [2.45, 2.75) is 39.2 Å². The minimum atomic E-state index is -0.252. The Hall–Kier alpha value is -1.59. The van der Waals surface area contributed by atoms with Gasteiger partial charge in [-0.25, -0.2) is 0 Å². The summed E-state index contributed by atoms with van der Waals surface area (Å²) in [6.07, 6.45) is 2.63. The van der Waals surface area contributed by atoms with Gasteiger partial charge in [-0.1, -0.05) is 25.4 Å². The van der Waals surface area contributed by atoms with Crippen molar-refractivity contribution < 1.29 is 9.59 Å². The van der Waals surface area contributed by atoms with Crippen LogP contribution in [0.2, 0.25) is 5.02 Å². The predicted molar refractivity (Wildman–Crippen MR) is 92.6 cm³/mol. The zero-order chi connectivity index (χ0) is 17.0. The fourth-order valence-corrected chi connectivity index (χ4v) is 2.68. The van der Waals surface area contributed by atoms with Gasteiger partial charge in [-0.15, -0.1) is 0 Å². The van der Waals surface area contributed by atoms with Crippen molar-refractivity contribution in [3.63, 3.8) is 0 Å². The summed E-state index contributed by atoms with van der Waals surface area (Å²) in [6.45, 7) is 4.37. The van der Waals surface area contributed by atoms with Crippen LogP contribution in [0, 0.1) is 11.8 Å². The highest BCUT2D eigenvalue weighted by Crippen LogP contribution is 2.32. The number of amides is 2. The van der Waals surface area contributed by atoms with Crippen molar-refractivity contribution in [1.29, 1.82) is 0 Å². The highest BCUT2D eigenvalue weighted by atomic mass is 35.5. The number of nitrogens with one attached hydrogen (secondary N) is 2. The Morgan fingerprint density at radius 1 is 1.35 bits per heavy atom. The number of nitrogens with two attached hydrogens (primary N) is 1. The molecule has 1 aliphatic carbocycles. The Bertz CT molecular complexity index is 585. The molecule has 0 bridgehead atoms. The van der Waals surface area contributed by atoms with Gasteiger partial charge in [0, 0.05) is 24.7 Å². The number of hydrogen-bond acceptors (Lipinski definition) is 3. The lowest BCUT2D eigenvalue weighted by atomic mass is 10.1. The first-order chi connectivity index (χ1) is 10.9. The van der Waals surface area contributed by atoms with Gasteiger partial charge in [-0.05, 0) is 42.9 Å². The second-order valence-corrected chi connectivity index (χ2v) is 6.90. The highest BCUT2D eigenvalue weighted by molar-refractivity contribution is 6.34. The van der Waals surface area contributed by atoms with E-state index < -0.39 is 0 Å². The van der Waals surface area contributed by atoms with Crippen LogP contribution in [0.1, 0.15) is 43.5 Å². The second kappa shape index (κ2) is 7.79. The molecule has 0 heterocycles. The summed E-state index contributed by atoms with van der Waals surface area (Å²) < 4.78 is 0. The normalized spacial score (nSPS) is 15.3. The molecule has 1 saturated carbocycles. The van der Waals surface area contributed by atoms with Gasteiger partial charge in [0.25, 0.3) is 5.91 Å². The van der Waals surface area contributed by atoms with Gasteiger partial charge < -0.3 is 16.4 Å². The lowest BCUT2D eigenvalue weighted by Crippen LogP contribution is -2.41. The number of halogens is 1. The van der Waals surface area contributed by atoms with E-state index in [1.165, 1.54) is 0 Å². The molecule has 1 aromatic rings. The third-order valence-corrected chi connectivity index (χ3v) is 4.18. The summed E-state index contributed by atoms with van der Waals surface area (Å²) in [5.74, 6) is 0.411. The number of carbonyl (C=O) groups is 2. The molecule has 126 valence electrons. The SMILES string of the molecule is CC(C)CC(=O)Nc1ccc(Cl)c(C(=O)NC(CN)C2CC2)c1. The van der Waals surface area contributed by atoms with Crippen molar-refractivity contribution in [2.24, 2.45) is 17.6 Å². The maximum Gasteiger partial charge on any atom is 0.253 e. The highest BCUT2D eigenvalue weighted by Gasteiger charge is 2.31. The first kappa shape index (κ1) is 17.8. The molecular formula is C17H24ClN3O2. The van der Waals surface area contributed by atoms with Gasteiger partial charge in [-0.2, -0.15) is 0 Å². The molecule has 5 nitrogen and oxygen atoms in total. The van der Waals surface area contributed by atoms with E-state index in [9.17, 15) is 9.59 Å². The van der Waals surface area contributed by atoms with Crippen LogP contribution in [0.15, 0.2) is 18.2 Å². The molecule has 1 fully saturated rings. The maximum atomic E-state index is 12.4. The molecule has 4 N–H and O–H groups in total. The standard InChI is InChI=1S/C17H24ClN3O2/c1-10(2)7-16(22)20-12-5-6-14(18)13(8-12)17(23)21-15(9-19)11-3-4-11/h5-6,8,10-11,15H,3-4,7,9,19H2,1-2H3,(H,20,22)(H,21,23). The molecule has 0 aliphatic heterocycles. The Labute approximate surface area is 142 Å². The Kier molecular flexibility index (Phi) is 6.02. The summed E-state index contributed by atoms with van der Waals surface area (Å²) in [5, 5.41) is 6.09. The van der Waals surface area contributed by atoms with Gasteiger partial charge in [0.2, 0.25) is 5.91 Å². The molecular weight excluding hydrogens is 314 g/mol. The molecule has 2 rings (SSSR count). The molecule has 0 radical (unpaired) electrons. The minimum Gasteiger partial charge on any atom is -0.348 e. The second-order valence-electron chi connectivity index (χ2n) is 6.49. The van der Waals surface area contributed by atoms with Crippen molar-refractivity contribution >= 4 is 29.1 Å². The van der Waals surface area contributed by atoms with Crippen molar-refractivity contribution in [3.8, 4) is 0 Å². The number of rotatable bonds is 7. The van der Waals surface area contributed by atoms with E-state index in [0.717, 1.165) is 12.8 Å². The molecule has 23 heavy (non-hydrogen) atoms. The minimum absolute atomic E-state index is 0.0160. The molecule has 0 aromatic heterocycles. The molecule has 1 aromatic carbocycles. The Balaban J connectivity index is 2.06. The first-order valence-corrected chi connectivity index (χ1v) is 8.38. The number of anilines is 1. The third-order valence-electron chi connectivity index (χ3n) is 3.85. The van der Waals surface area contributed by atoms with Crippen LogP contribution in [-0.4, -0.2) is 24.4 Å². The summed E-state index contributed by atoms with van der Waals surface area (Å²) >= 11 is 6.13. The molecule has 6 heteroatoms. The van der Waals surface area contributed by atoms with Gasteiger partial charge in [0.05, 0.1) is 10.6 Å². The first-order valence-electron chi connectivity index (χ1n) is 8.01. The van der Waals surface area contributed by atoms with Gasteiger partial charge in [0.15, 0.2) is 0 Å². The monoisotopic (exact) mass is 337 g/mol. The summed E-state index contributed by atoms with van der Waals surface area (Å²) in [5.41, 5.74) is 6.64. The van der Waals surface area contributed by atoms with Gasteiger partial charge >= 0.3 is 0 Å². The lowest BCUT2D eigenvalue weighted by Gasteiger charge is -2.17. The van der Waals surface area contributed by atoms with Crippen LogP contribution in [-0.2, 0) is 4.79 Å². The van der Waals surface area contributed by atoms with Crippen LogP contribution in [0.3, 0.4) is 0 Å². The Morgan fingerprint density at radius 2 is 2.04 bits per heavy atom. The van der Waals surface area contributed by atoms with E-state index in [1.54, 1.807) is 18.2 Å². The predicted octanol–water partition coefficient (Wildman–Crippen LogP) is 2.79. The van der Waals surface area contributed by atoms with Crippen molar-refractivity contribution in [2.75, 3.05) is 11.9 Å². The molecule has 1 aliphatic rings. The van der Waals surface area contributed by atoms with E-state index in [4.69, 9.17) is 17.3 Å². The molecule has 1 atom stereocenters. The van der Waals surface area contributed by atoms with E-state index >= 15 is 0 Å². The van der Waals surface area contributed by atoms with Gasteiger partial charge in [0.1, 0.15) is 0 Å². The number of benzene rings is 1. The number of hydrogen-bond donors (Lipinski definition) is 3. The fourth-order valence-electron chi connectivity index (χ4n) is 2.47. The third kappa shape index (κ3) is 5.22. The summed E-state index contributed by atoms with van der Waals surface area (Å²) in [7, 11) is 0. The largest absolute Gasteiger partial charge is 0.348 e. The number of carbonyl (C=O) groups excluding carboxylic acids is 2. The van der Waals surface area contributed by atoms with Crippen LogP contribution < -0.4 is 16.4 Å². The zero-order valence-electron chi connectivity index (χ0n) is 13.6. The Morgan fingerprint density at radius 3 is 2.61 bits per heavy atom. The van der Waals surface area contributed by atoms with Crippen molar-refractivity contribution in [1.82, 2.24) is 5.32 Å². The van der Waals surface area contributed by atoms with E-state index in [0.29, 0.717) is 35.2 Å². The molecule has 1 unspecified atom stereocenters. The van der Waals surface area contributed by atoms with Gasteiger partial charge in [-0.3, -0.25) is 9.59 Å². The quantitative estimate of drug-likeness (QED) is 0.715. The lowest BCUT2D eigenvalue weighted by molar-refractivity contribution is -0.116. The summed E-state index contributed by atoms with van der Waals surface area (Å²) in [6, 6.07) is 4.91. The van der Waals surface area contributed by atoms with Crippen LogP contribution in [0.4, 0.5) is 5.69 Å². The summed E-state index contributed by atoms with van der Waals surface area (Å²) in [4.78, 5) is 24.3.